The Hall–Kier alpha value is -4.04. The van der Waals surface area contributed by atoms with Crippen LogP contribution in [-0.2, 0) is 23.2 Å². The summed E-state index contributed by atoms with van der Waals surface area (Å²) >= 11 is 0. The van der Waals surface area contributed by atoms with Gasteiger partial charge in [-0.05, 0) is 47.9 Å². The molecule has 0 radical (unpaired) electrons. The van der Waals surface area contributed by atoms with E-state index in [1.54, 1.807) is 6.26 Å². The first-order valence-corrected chi connectivity index (χ1v) is 14.4. The number of ether oxygens (including phenoxy) is 1. The van der Waals surface area contributed by atoms with Gasteiger partial charge in [0.1, 0.15) is 23.2 Å². The van der Waals surface area contributed by atoms with Crippen LogP contribution in [0.1, 0.15) is 68.8 Å². The average molecular weight is 557 g/mol. The van der Waals surface area contributed by atoms with Gasteiger partial charge in [-0.15, -0.1) is 0 Å². The third kappa shape index (κ3) is 5.24. The molecule has 5 rings (SSSR count). The van der Waals surface area contributed by atoms with E-state index < -0.39 is 11.5 Å². The molecule has 2 aliphatic rings. The smallest absolute Gasteiger partial charge is 0.222 e. The minimum absolute atomic E-state index is 0.0306. The standard InChI is InChI=1S/C33H40N4O4/c1-6-20(4)24(31-35-23(17-34)18-40-31)16-33-25-9-7-8-10-27(25)36-32(33)41-28-13-11-22(15-26(28)33)12-14-29(39)37-30(19(2)3)21(5)38/h7-11,13,15-16,18-20,30,32,36,38H,5-6,12,14,17,34H2,1-4H3,(H,37,39)/b24-16-. The van der Waals surface area contributed by atoms with E-state index in [0.29, 0.717) is 24.6 Å². The zero-order chi connectivity index (χ0) is 29.3. The van der Waals surface area contributed by atoms with Gasteiger partial charge in [-0.3, -0.25) is 4.79 Å². The molecule has 0 fully saturated rings. The number of hydrogen-bond donors (Lipinski definition) is 4. The molecule has 0 spiro atoms. The fourth-order valence-electron chi connectivity index (χ4n) is 5.84. The van der Waals surface area contributed by atoms with Crippen LogP contribution < -0.4 is 21.1 Å². The summed E-state index contributed by atoms with van der Waals surface area (Å²) in [6.07, 6.45) is 5.27. The number of carbonyl (C=O) groups is 1. The van der Waals surface area contributed by atoms with Gasteiger partial charge in [0.25, 0.3) is 0 Å². The van der Waals surface area contributed by atoms with Crippen LogP contribution in [0.5, 0.6) is 5.75 Å². The number of nitrogens with zero attached hydrogens (tertiary/aromatic N) is 1. The number of amides is 1. The van der Waals surface area contributed by atoms with Gasteiger partial charge in [0, 0.05) is 29.8 Å². The highest BCUT2D eigenvalue weighted by molar-refractivity contribution is 5.78. The van der Waals surface area contributed by atoms with Crippen LogP contribution in [0.3, 0.4) is 0 Å². The second kappa shape index (κ2) is 11.4. The Morgan fingerprint density at radius 1 is 1.24 bits per heavy atom. The number of nitrogens with one attached hydrogen (secondary N) is 2. The maximum atomic E-state index is 12.8. The van der Waals surface area contributed by atoms with Crippen molar-refractivity contribution in [2.45, 2.75) is 71.2 Å². The summed E-state index contributed by atoms with van der Waals surface area (Å²) in [5.74, 6) is 1.43. The zero-order valence-electron chi connectivity index (χ0n) is 24.2. The summed E-state index contributed by atoms with van der Waals surface area (Å²) in [6.45, 7) is 12.1. The quantitative estimate of drug-likeness (QED) is 0.219. The van der Waals surface area contributed by atoms with E-state index in [1.165, 1.54) is 0 Å². The molecule has 2 aromatic carbocycles. The number of rotatable bonds is 11. The molecule has 216 valence electrons. The fourth-order valence-corrected chi connectivity index (χ4v) is 5.84. The van der Waals surface area contributed by atoms with Crippen LogP contribution >= 0.6 is 0 Å². The molecular formula is C33H40N4O4. The Balaban J connectivity index is 1.55. The lowest BCUT2D eigenvalue weighted by atomic mass is 9.73. The highest BCUT2D eigenvalue weighted by Gasteiger charge is 2.54. The largest absolute Gasteiger partial charge is 0.511 e. The van der Waals surface area contributed by atoms with Gasteiger partial charge in [-0.2, -0.15) is 0 Å². The first-order valence-electron chi connectivity index (χ1n) is 14.4. The number of hydrogen-bond acceptors (Lipinski definition) is 7. The summed E-state index contributed by atoms with van der Waals surface area (Å²) in [7, 11) is 0. The number of allylic oxidation sites excluding steroid dienone is 1. The zero-order valence-corrected chi connectivity index (χ0v) is 24.2. The normalized spacial score (nSPS) is 20.4. The molecule has 4 unspecified atom stereocenters. The Morgan fingerprint density at radius 3 is 2.71 bits per heavy atom. The summed E-state index contributed by atoms with van der Waals surface area (Å²) in [5.41, 5.74) is 11.1. The average Bonchev–Trinajstić information content (AvgIpc) is 3.64. The van der Waals surface area contributed by atoms with Crippen LogP contribution in [0.15, 0.2) is 71.6 Å². The molecule has 8 nitrogen and oxygen atoms in total. The van der Waals surface area contributed by atoms with E-state index in [1.807, 2.05) is 38.1 Å². The van der Waals surface area contributed by atoms with Crippen molar-refractivity contribution in [2.24, 2.45) is 17.6 Å². The van der Waals surface area contributed by atoms with Crippen molar-refractivity contribution in [2.75, 3.05) is 5.32 Å². The van der Waals surface area contributed by atoms with Crippen molar-refractivity contribution in [1.29, 1.82) is 0 Å². The molecule has 0 bridgehead atoms. The SMILES string of the molecule is C=C(O)C(NC(=O)CCc1ccc2c(c1)C1(/C=C(\c3nc(CN)co3)C(C)CC)c3ccccc3NC1O2)C(C)C. The molecule has 1 aromatic heterocycles. The summed E-state index contributed by atoms with van der Waals surface area (Å²) in [5, 5.41) is 16.4. The lowest BCUT2D eigenvalue weighted by molar-refractivity contribution is -0.122. The molecule has 8 heteroatoms. The molecule has 0 aliphatic carbocycles. The molecular weight excluding hydrogens is 516 g/mol. The summed E-state index contributed by atoms with van der Waals surface area (Å²) in [4.78, 5) is 17.5. The number of oxazole rings is 1. The van der Waals surface area contributed by atoms with E-state index in [9.17, 15) is 9.90 Å². The van der Waals surface area contributed by atoms with Gasteiger partial charge in [-0.1, -0.05) is 70.7 Å². The van der Waals surface area contributed by atoms with Crippen molar-refractivity contribution < 1.29 is 19.1 Å². The Morgan fingerprint density at radius 2 is 2.02 bits per heavy atom. The number of anilines is 1. The molecule has 5 N–H and O–H groups in total. The predicted molar refractivity (Wildman–Crippen MR) is 160 cm³/mol. The Labute approximate surface area is 241 Å². The van der Waals surface area contributed by atoms with Crippen LogP contribution in [0, 0.1) is 11.8 Å². The van der Waals surface area contributed by atoms with Gasteiger partial charge in [-0.25, -0.2) is 4.98 Å². The highest BCUT2D eigenvalue weighted by atomic mass is 16.5. The number of aromatic nitrogens is 1. The third-order valence-electron chi connectivity index (χ3n) is 8.32. The van der Waals surface area contributed by atoms with Crippen LogP contribution in [0.2, 0.25) is 0 Å². The minimum atomic E-state index is -0.627. The number of aryl methyl sites for hydroxylation is 1. The maximum absolute atomic E-state index is 12.8. The molecule has 3 heterocycles. The number of carbonyl (C=O) groups excluding carboxylic acids is 1. The third-order valence-corrected chi connectivity index (χ3v) is 8.32. The van der Waals surface area contributed by atoms with Gasteiger partial charge in [0.05, 0.1) is 11.7 Å². The molecule has 3 aromatic rings. The number of fused-ring (bicyclic) bond motifs is 5. The molecule has 4 atom stereocenters. The Bertz CT molecular complexity index is 1480. The van der Waals surface area contributed by atoms with Gasteiger partial charge < -0.3 is 30.6 Å². The first-order chi connectivity index (χ1) is 19.7. The van der Waals surface area contributed by atoms with Gasteiger partial charge in [0.2, 0.25) is 11.8 Å². The number of para-hydroxylation sites is 1. The van der Waals surface area contributed by atoms with Crippen molar-refractivity contribution in [3.8, 4) is 5.75 Å². The van der Waals surface area contributed by atoms with Crippen molar-refractivity contribution >= 4 is 17.2 Å². The maximum Gasteiger partial charge on any atom is 0.222 e. The predicted octanol–water partition coefficient (Wildman–Crippen LogP) is 5.84. The van der Waals surface area contributed by atoms with E-state index in [4.69, 9.17) is 14.9 Å². The van der Waals surface area contributed by atoms with Crippen LogP contribution in [0.25, 0.3) is 5.57 Å². The van der Waals surface area contributed by atoms with E-state index in [2.05, 4.69) is 60.3 Å². The minimum Gasteiger partial charge on any atom is -0.511 e. The van der Waals surface area contributed by atoms with Crippen molar-refractivity contribution in [3.05, 3.63) is 95.4 Å². The van der Waals surface area contributed by atoms with Crippen molar-refractivity contribution in [3.63, 3.8) is 0 Å². The van der Waals surface area contributed by atoms with E-state index in [0.717, 1.165) is 40.1 Å². The summed E-state index contributed by atoms with van der Waals surface area (Å²) in [6, 6.07) is 14.0. The van der Waals surface area contributed by atoms with Gasteiger partial charge >= 0.3 is 0 Å². The number of aliphatic hydroxyl groups is 1. The highest BCUT2D eigenvalue weighted by Crippen LogP contribution is 2.56. The second-order valence-electron chi connectivity index (χ2n) is 11.4. The molecule has 0 saturated heterocycles. The lowest BCUT2D eigenvalue weighted by Crippen LogP contribution is -2.39. The van der Waals surface area contributed by atoms with Crippen LogP contribution in [0.4, 0.5) is 5.69 Å². The number of nitrogens with two attached hydrogens (primary N) is 1. The Kier molecular flexibility index (Phi) is 7.95. The fraction of sp³-hybridized carbons (Fsp3) is 0.394. The second-order valence-corrected chi connectivity index (χ2v) is 11.4. The molecule has 41 heavy (non-hydrogen) atoms. The first kappa shape index (κ1) is 28.5. The lowest BCUT2D eigenvalue weighted by Gasteiger charge is -2.28. The molecule has 2 aliphatic heterocycles. The van der Waals surface area contributed by atoms with E-state index in [-0.39, 0.29) is 36.2 Å². The van der Waals surface area contributed by atoms with Gasteiger partial charge in [0.15, 0.2) is 6.23 Å². The van der Waals surface area contributed by atoms with E-state index >= 15 is 0 Å². The summed E-state index contributed by atoms with van der Waals surface area (Å²) < 4.78 is 12.5. The van der Waals surface area contributed by atoms with Crippen LogP contribution in [-0.4, -0.2) is 28.3 Å². The number of benzene rings is 2. The van der Waals surface area contributed by atoms with Crippen molar-refractivity contribution in [1.82, 2.24) is 10.3 Å². The monoisotopic (exact) mass is 556 g/mol. The molecule has 1 amide bonds. The topological polar surface area (TPSA) is 123 Å². The molecule has 0 saturated carbocycles. The number of aliphatic hydroxyl groups excluding tert-OH is 1.